The van der Waals surface area contributed by atoms with Crippen molar-refractivity contribution >= 4 is 23.2 Å². The summed E-state index contributed by atoms with van der Waals surface area (Å²) < 4.78 is 11.2. The molecule has 154 valence electrons. The molecule has 0 aliphatic heterocycles. The summed E-state index contributed by atoms with van der Waals surface area (Å²) in [6.07, 6.45) is 1.10. The monoisotopic (exact) mass is 426 g/mol. The van der Waals surface area contributed by atoms with Crippen LogP contribution in [0.1, 0.15) is 44.7 Å². The average molecular weight is 427 g/mol. The fourth-order valence-corrected chi connectivity index (χ4v) is 3.35. The van der Waals surface area contributed by atoms with Crippen LogP contribution in [0.15, 0.2) is 36.4 Å². The van der Waals surface area contributed by atoms with Gasteiger partial charge in [0.25, 0.3) is 0 Å². The third-order valence-electron chi connectivity index (χ3n) is 4.69. The first-order chi connectivity index (χ1) is 13.3. The van der Waals surface area contributed by atoms with Crippen LogP contribution in [0.5, 0.6) is 11.5 Å². The number of rotatable bonds is 10. The molecule has 0 saturated heterocycles. The third-order valence-corrected chi connectivity index (χ3v) is 5.25. The molecule has 6 heteroatoms. The molecule has 2 aromatic carbocycles. The minimum atomic E-state index is -0.890. The molecule has 0 bridgehead atoms. The van der Waals surface area contributed by atoms with E-state index in [-0.39, 0.29) is 18.6 Å². The summed E-state index contributed by atoms with van der Waals surface area (Å²) in [5.74, 6) is 1.16. The van der Waals surface area contributed by atoms with Crippen LogP contribution in [0.3, 0.4) is 0 Å². The van der Waals surface area contributed by atoms with Gasteiger partial charge in [-0.2, -0.15) is 0 Å². The first-order valence-corrected chi connectivity index (χ1v) is 10.2. The summed E-state index contributed by atoms with van der Waals surface area (Å²) in [5.41, 5.74) is 1.71. The van der Waals surface area contributed by atoms with Gasteiger partial charge < -0.3 is 19.7 Å². The predicted molar refractivity (Wildman–Crippen MR) is 114 cm³/mol. The molecule has 0 unspecified atom stereocenters. The van der Waals surface area contributed by atoms with Gasteiger partial charge in [-0.05, 0) is 41.8 Å². The Hall–Kier alpha value is -1.46. The Balaban J connectivity index is 2.19. The van der Waals surface area contributed by atoms with E-state index in [0.29, 0.717) is 28.2 Å². The summed E-state index contributed by atoms with van der Waals surface area (Å²) in [5, 5.41) is 19.2. The molecule has 0 amide bonds. The standard InChI is InChI=1S/C22H28Cl2O4/c1-4-5-10-27-21-19(23)11-16(12-20(21)24)22(2,3)15-6-8-18(9-7-15)28-14-17(26)13-25/h6-9,11-12,17,25-26H,4-5,10,13-14H2,1-3H3/t17-/m1/s1. The van der Waals surface area contributed by atoms with Crippen molar-refractivity contribution in [2.24, 2.45) is 0 Å². The maximum absolute atomic E-state index is 9.38. The predicted octanol–water partition coefficient (Wildman–Crippen LogP) is 5.23. The smallest absolute Gasteiger partial charge is 0.156 e. The lowest BCUT2D eigenvalue weighted by molar-refractivity contribution is 0.0536. The molecule has 0 heterocycles. The van der Waals surface area contributed by atoms with Crippen molar-refractivity contribution in [3.05, 3.63) is 57.6 Å². The van der Waals surface area contributed by atoms with Crippen molar-refractivity contribution < 1.29 is 19.7 Å². The van der Waals surface area contributed by atoms with E-state index < -0.39 is 6.10 Å². The van der Waals surface area contributed by atoms with Crippen molar-refractivity contribution in [1.82, 2.24) is 0 Å². The Morgan fingerprint density at radius 1 is 1.00 bits per heavy atom. The Morgan fingerprint density at radius 2 is 1.61 bits per heavy atom. The summed E-state index contributed by atoms with van der Waals surface area (Å²) in [4.78, 5) is 0. The normalized spacial score (nSPS) is 12.7. The van der Waals surface area contributed by atoms with E-state index in [2.05, 4.69) is 20.8 Å². The minimum Gasteiger partial charge on any atom is -0.491 e. The van der Waals surface area contributed by atoms with Crippen LogP contribution in [-0.4, -0.2) is 36.1 Å². The highest BCUT2D eigenvalue weighted by molar-refractivity contribution is 6.37. The van der Waals surface area contributed by atoms with E-state index in [1.165, 1.54) is 0 Å². The molecule has 2 rings (SSSR count). The molecule has 2 aromatic rings. The zero-order valence-electron chi connectivity index (χ0n) is 16.5. The number of halogens is 2. The van der Waals surface area contributed by atoms with Gasteiger partial charge in [0.05, 0.1) is 23.3 Å². The van der Waals surface area contributed by atoms with Gasteiger partial charge in [-0.3, -0.25) is 0 Å². The van der Waals surface area contributed by atoms with Gasteiger partial charge in [0.1, 0.15) is 18.5 Å². The highest BCUT2D eigenvalue weighted by Gasteiger charge is 2.25. The Labute approximate surface area is 177 Å². The van der Waals surface area contributed by atoms with Gasteiger partial charge in [-0.25, -0.2) is 0 Å². The molecule has 4 nitrogen and oxygen atoms in total. The second-order valence-corrected chi connectivity index (χ2v) is 8.08. The second-order valence-electron chi connectivity index (χ2n) is 7.27. The summed E-state index contributed by atoms with van der Waals surface area (Å²) in [6.45, 7) is 6.60. The number of aliphatic hydroxyl groups is 2. The number of benzene rings is 2. The van der Waals surface area contributed by atoms with Gasteiger partial charge in [0.15, 0.2) is 5.75 Å². The van der Waals surface area contributed by atoms with Crippen molar-refractivity contribution in [3.8, 4) is 11.5 Å². The highest BCUT2D eigenvalue weighted by Crippen LogP contribution is 2.40. The quantitative estimate of drug-likeness (QED) is 0.510. The van der Waals surface area contributed by atoms with Crippen molar-refractivity contribution in [2.75, 3.05) is 19.8 Å². The molecule has 0 fully saturated rings. The summed E-state index contributed by atoms with van der Waals surface area (Å²) in [6, 6.07) is 11.4. The van der Waals surface area contributed by atoms with E-state index in [1.807, 2.05) is 36.4 Å². The number of hydrogen-bond acceptors (Lipinski definition) is 4. The Kier molecular flexibility index (Phi) is 8.44. The Bertz CT molecular complexity index is 737. The lowest BCUT2D eigenvalue weighted by atomic mass is 9.78. The lowest BCUT2D eigenvalue weighted by Gasteiger charge is -2.27. The SMILES string of the molecule is CCCCOc1c(Cl)cc(C(C)(C)c2ccc(OC[C@H](O)CO)cc2)cc1Cl. The van der Waals surface area contributed by atoms with Gasteiger partial charge in [-0.1, -0.05) is 62.5 Å². The van der Waals surface area contributed by atoms with Crippen LogP contribution < -0.4 is 9.47 Å². The molecule has 0 aromatic heterocycles. The molecule has 1 atom stereocenters. The maximum atomic E-state index is 9.38. The molecular weight excluding hydrogens is 399 g/mol. The topological polar surface area (TPSA) is 58.9 Å². The maximum Gasteiger partial charge on any atom is 0.156 e. The van der Waals surface area contributed by atoms with Crippen molar-refractivity contribution in [3.63, 3.8) is 0 Å². The zero-order valence-corrected chi connectivity index (χ0v) is 18.1. The fraction of sp³-hybridized carbons (Fsp3) is 0.455. The molecule has 0 aliphatic rings. The van der Waals surface area contributed by atoms with Crippen LogP contribution in [0.25, 0.3) is 0 Å². The lowest BCUT2D eigenvalue weighted by Crippen LogP contribution is -2.21. The summed E-state index contributed by atoms with van der Waals surface area (Å²) >= 11 is 12.9. The number of aliphatic hydroxyl groups excluding tert-OH is 2. The number of ether oxygens (including phenoxy) is 2. The zero-order chi connectivity index (χ0) is 20.7. The van der Waals surface area contributed by atoms with E-state index in [9.17, 15) is 5.11 Å². The molecule has 0 spiro atoms. The van der Waals surface area contributed by atoms with Gasteiger partial charge in [-0.15, -0.1) is 0 Å². The molecule has 0 aliphatic carbocycles. The average Bonchev–Trinajstić information content (AvgIpc) is 2.68. The van der Waals surface area contributed by atoms with E-state index in [1.54, 1.807) is 0 Å². The van der Waals surface area contributed by atoms with Crippen molar-refractivity contribution in [1.29, 1.82) is 0 Å². The first kappa shape index (κ1) is 22.8. The van der Waals surface area contributed by atoms with Crippen molar-refractivity contribution in [2.45, 2.75) is 45.1 Å². The highest BCUT2D eigenvalue weighted by atomic mass is 35.5. The van der Waals surface area contributed by atoms with Crippen LogP contribution >= 0.6 is 23.2 Å². The number of unbranched alkanes of at least 4 members (excludes halogenated alkanes) is 1. The molecule has 0 radical (unpaired) electrons. The molecular formula is C22H28Cl2O4. The molecule has 0 saturated carbocycles. The van der Waals surface area contributed by atoms with Crippen LogP contribution in [0.4, 0.5) is 0 Å². The second kappa shape index (κ2) is 10.4. The third kappa shape index (κ3) is 5.77. The first-order valence-electron chi connectivity index (χ1n) is 9.44. The minimum absolute atomic E-state index is 0.0456. The van der Waals surface area contributed by atoms with Crippen LogP contribution in [-0.2, 0) is 5.41 Å². The van der Waals surface area contributed by atoms with Crippen LogP contribution in [0, 0.1) is 0 Å². The van der Waals surface area contributed by atoms with Gasteiger partial charge in [0, 0.05) is 5.41 Å². The van der Waals surface area contributed by atoms with E-state index in [0.717, 1.165) is 24.0 Å². The molecule has 2 N–H and O–H groups in total. The largest absolute Gasteiger partial charge is 0.491 e. The Morgan fingerprint density at radius 3 is 2.14 bits per heavy atom. The van der Waals surface area contributed by atoms with Crippen LogP contribution in [0.2, 0.25) is 10.0 Å². The van der Waals surface area contributed by atoms with Gasteiger partial charge >= 0.3 is 0 Å². The van der Waals surface area contributed by atoms with E-state index >= 15 is 0 Å². The van der Waals surface area contributed by atoms with Gasteiger partial charge in [0.2, 0.25) is 0 Å². The molecule has 28 heavy (non-hydrogen) atoms. The number of hydrogen-bond donors (Lipinski definition) is 2. The fourth-order valence-electron chi connectivity index (χ4n) is 2.76. The van der Waals surface area contributed by atoms with E-state index in [4.69, 9.17) is 37.8 Å². The summed E-state index contributed by atoms with van der Waals surface area (Å²) in [7, 11) is 0.